The summed E-state index contributed by atoms with van der Waals surface area (Å²) in [5.41, 5.74) is 7.33. The number of ketones is 1. The quantitative estimate of drug-likeness (QED) is 0.469. The fourth-order valence-corrected chi connectivity index (χ4v) is 3.56. The van der Waals surface area contributed by atoms with Crippen LogP contribution in [-0.4, -0.2) is 32.5 Å². The number of nitrogen functional groups attached to an aromatic ring is 1. The van der Waals surface area contributed by atoms with Crippen LogP contribution >= 0.6 is 11.3 Å². The summed E-state index contributed by atoms with van der Waals surface area (Å²) in [5, 5.41) is 17.4. The van der Waals surface area contributed by atoms with Crippen molar-refractivity contribution in [1.29, 1.82) is 0 Å². The van der Waals surface area contributed by atoms with Crippen LogP contribution in [0.1, 0.15) is 34.8 Å². The highest BCUT2D eigenvalue weighted by atomic mass is 32.1. The van der Waals surface area contributed by atoms with Gasteiger partial charge in [0.1, 0.15) is 16.5 Å². The van der Waals surface area contributed by atoms with Crippen molar-refractivity contribution < 1.29 is 22.7 Å². The molecule has 164 valence electrons. The van der Waals surface area contributed by atoms with E-state index in [2.05, 4.69) is 25.1 Å². The first kappa shape index (κ1) is 22.6. The SMILES string of the molecule is Nc1nnc(CCCCc2ccc(CC(=O)Cc3cccc(OC(F)(F)F)c3)nn2)s1. The molecule has 0 aliphatic carbocycles. The number of ether oxygens (including phenoxy) is 1. The molecule has 7 nitrogen and oxygen atoms in total. The highest BCUT2D eigenvalue weighted by Gasteiger charge is 2.31. The van der Waals surface area contributed by atoms with E-state index in [9.17, 15) is 18.0 Å². The summed E-state index contributed by atoms with van der Waals surface area (Å²) in [7, 11) is 0. The van der Waals surface area contributed by atoms with Gasteiger partial charge in [0.2, 0.25) is 5.13 Å². The van der Waals surface area contributed by atoms with Gasteiger partial charge in [-0.25, -0.2) is 0 Å². The molecule has 2 heterocycles. The van der Waals surface area contributed by atoms with Gasteiger partial charge >= 0.3 is 6.36 Å². The average molecular weight is 451 g/mol. The molecule has 0 amide bonds. The summed E-state index contributed by atoms with van der Waals surface area (Å²) >= 11 is 1.38. The Balaban J connectivity index is 1.44. The Morgan fingerprint density at radius 2 is 1.71 bits per heavy atom. The topological polar surface area (TPSA) is 104 Å². The van der Waals surface area contributed by atoms with Crippen LogP contribution in [-0.2, 0) is 30.5 Å². The van der Waals surface area contributed by atoms with E-state index in [1.54, 1.807) is 12.1 Å². The lowest BCUT2D eigenvalue weighted by molar-refractivity contribution is -0.274. The molecule has 1 aromatic carbocycles. The first-order valence-corrected chi connectivity index (χ1v) is 10.3. The Morgan fingerprint density at radius 3 is 2.39 bits per heavy atom. The van der Waals surface area contributed by atoms with E-state index < -0.39 is 6.36 Å². The Hall–Kier alpha value is -3.08. The third kappa shape index (κ3) is 7.93. The fraction of sp³-hybridized carbons (Fsp3) is 0.350. The summed E-state index contributed by atoms with van der Waals surface area (Å²) in [5.74, 6) is -0.529. The molecule has 0 atom stereocenters. The number of nitrogens with zero attached hydrogens (tertiary/aromatic N) is 4. The number of nitrogens with two attached hydrogens (primary N) is 1. The molecule has 31 heavy (non-hydrogen) atoms. The van der Waals surface area contributed by atoms with Crippen LogP contribution in [0.4, 0.5) is 18.3 Å². The molecule has 0 fully saturated rings. The number of rotatable bonds is 10. The van der Waals surface area contributed by atoms with E-state index in [1.165, 1.54) is 29.5 Å². The van der Waals surface area contributed by atoms with Crippen LogP contribution in [0.2, 0.25) is 0 Å². The molecule has 0 aliphatic heterocycles. The van der Waals surface area contributed by atoms with Gasteiger partial charge in [0.25, 0.3) is 0 Å². The molecule has 3 aromatic rings. The Morgan fingerprint density at radius 1 is 0.968 bits per heavy atom. The fourth-order valence-electron chi connectivity index (χ4n) is 2.91. The van der Waals surface area contributed by atoms with Crippen molar-refractivity contribution in [3.8, 4) is 5.75 Å². The van der Waals surface area contributed by atoms with Gasteiger partial charge in [0.05, 0.1) is 17.8 Å². The Labute approximate surface area is 180 Å². The van der Waals surface area contributed by atoms with E-state index >= 15 is 0 Å². The lowest BCUT2D eigenvalue weighted by Crippen LogP contribution is -2.17. The zero-order valence-electron chi connectivity index (χ0n) is 16.4. The minimum atomic E-state index is -4.77. The molecule has 0 bridgehead atoms. The molecule has 2 aromatic heterocycles. The van der Waals surface area contributed by atoms with E-state index in [1.807, 2.05) is 6.07 Å². The number of carbonyl (C=O) groups excluding carboxylic acids is 1. The lowest BCUT2D eigenvalue weighted by Gasteiger charge is -2.09. The maximum absolute atomic E-state index is 12.3. The first-order valence-electron chi connectivity index (χ1n) is 9.52. The monoisotopic (exact) mass is 451 g/mol. The third-order valence-electron chi connectivity index (χ3n) is 4.24. The van der Waals surface area contributed by atoms with E-state index in [4.69, 9.17) is 5.73 Å². The number of aromatic nitrogens is 4. The molecule has 0 saturated carbocycles. The van der Waals surface area contributed by atoms with Gasteiger partial charge < -0.3 is 10.5 Å². The van der Waals surface area contributed by atoms with Gasteiger partial charge in [-0.15, -0.1) is 23.4 Å². The summed E-state index contributed by atoms with van der Waals surface area (Å²) in [6, 6.07) is 8.96. The summed E-state index contributed by atoms with van der Waals surface area (Å²) < 4.78 is 40.8. The third-order valence-corrected chi connectivity index (χ3v) is 5.05. The highest BCUT2D eigenvalue weighted by molar-refractivity contribution is 7.15. The standard InChI is InChI=1S/C20H20F3N5O2S/c21-20(22,23)30-17-6-3-4-13(11-17)10-16(29)12-15-9-8-14(25-26-15)5-1-2-7-18-27-28-19(24)31-18/h3-4,6,8-9,11H,1-2,5,7,10,12H2,(H2,24,28). The number of hydrogen-bond acceptors (Lipinski definition) is 8. The smallest absolute Gasteiger partial charge is 0.406 e. The maximum Gasteiger partial charge on any atom is 0.573 e. The number of hydrogen-bond donors (Lipinski definition) is 1. The zero-order valence-corrected chi connectivity index (χ0v) is 17.2. The molecule has 0 aliphatic rings. The predicted octanol–water partition coefficient (Wildman–Crippen LogP) is 3.73. The molecule has 3 rings (SSSR count). The lowest BCUT2D eigenvalue weighted by atomic mass is 10.1. The van der Waals surface area contributed by atoms with Gasteiger partial charge in [-0.1, -0.05) is 23.5 Å². The molecule has 0 saturated heterocycles. The molecule has 0 spiro atoms. The number of Topliss-reactive ketones (excluding diaryl/α,β-unsaturated/α-hetero) is 1. The average Bonchev–Trinajstić information content (AvgIpc) is 3.10. The number of aryl methyl sites for hydroxylation is 2. The molecular formula is C20H20F3N5O2S. The Bertz CT molecular complexity index is 1010. The predicted molar refractivity (Wildman–Crippen MR) is 109 cm³/mol. The van der Waals surface area contributed by atoms with Crippen LogP contribution in [0.25, 0.3) is 0 Å². The minimum absolute atomic E-state index is 0.0192. The molecule has 0 unspecified atom stereocenters. The normalized spacial score (nSPS) is 11.5. The van der Waals surface area contributed by atoms with Crippen molar-refractivity contribution in [2.45, 2.75) is 44.9 Å². The number of alkyl halides is 3. The van der Waals surface area contributed by atoms with Gasteiger partial charge in [0.15, 0.2) is 0 Å². The second kappa shape index (κ2) is 10.3. The summed E-state index contributed by atoms with van der Waals surface area (Å²) in [6.07, 6.45) is -1.35. The van der Waals surface area contributed by atoms with E-state index in [-0.39, 0.29) is 24.4 Å². The van der Waals surface area contributed by atoms with Crippen LogP contribution in [0.5, 0.6) is 5.75 Å². The van der Waals surface area contributed by atoms with E-state index in [0.29, 0.717) is 16.4 Å². The van der Waals surface area contributed by atoms with Crippen LogP contribution < -0.4 is 10.5 Å². The van der Waals surface area contributed by atoms with Crippen molar-refractivity contribution in [2.75, 3.05) is 5.73 Å². The highest BCUT2D eigenvalue weighted by Crippen LogP contribution is 2.23. The van der Waals surface area contributed by atoms with Crippen LogP contribution in [0.3, 0.4) is 0 Å². The maximum atomic E-state index is 12.3. The van der Waals surface area contributed by atoms with E-state index in [0.717, 1.165) is 36.4 Å². The van der Waals surface area contributed by atoms with Crippen molar-refractivity contribution in [3.05, 3.63) is 58.4 Å². The number of unbranched alkanes of at least 4 members (excludes halogenated alkanes) is 1. The van der Waals surface area contributed by atoms with Gasteiger partial charge in [-0.2, -0.15) is 10.2 Å². The molecule has 0 radical (unpaired) electrons. The van der Waals surface area contributed by atoms with Crippen molar-refractivity contribution in [3.63, 3.8) is 0 Å². The van der Waals surface area contributed by atoms with Crippen LogP contribution in [0, 0.1) is 0 Å². The van der Waals surface area contributed by atoms with Crippen LogP contribution in [0.15, 0.2) is 36.4 Å². The largest absolute Gasteiger partial charge is 0.573 e. The second-order valence-electron chi connectivity index (χ2n) is 6.84. The van der Waals surface area contributed by atoms with Crippen molar-refractivity contribution in [2.24, 2.45) is 0 Å². The summed E-state index contributed by atoms with van der Waals surface area (Å²) in [6.45, 7) is 0. The van der Waals surface area contributed by atoms with Crippen molar-refractivity contribution >= 4 is 22.3 Å². The number of carbonyl (C=O) groups is 1. The molecule has 11 heteroatoms. The Kier molecular flexibility index (Phi) is 7.50. The number of benzene rings is 1. The van der Waals surface area contributed by atoms with Gasteiger partial charge in [-0.05, 0) is 49.1 Å². The first-order chi connectivity index (χ1) is 14.8. The zero-order chi connectivity index (χ0) is 22.3. The second-order valence-corrected chi connectivity index (χ2v) is 7.94. The molecular weight excluding hydrogens is 431 g/mol. The number of anilines is 1. The van der Waals surface area contributed by atoms with Gasteiger partial charge in [-0.3, -0.25) is 4.79 Å². The number of halogens is 3. The van der Waals surface area contributed by atoms with Crippen molar-refractivity contribution in [1.82, 2.24) is 20.4 Å². The summed E-state index contributed by atoms with van der Waals surface area (Å²) in [4.78, 5) is 12.3. The molecule has 2 N–H and O–H groups in total. The minimum Gasteiger partial charge on any atom is -0.406 e. The van der Waals surface area contributed by atoms with Gasteiger partial charge in [0, 0.05) is 12.8 Å².